The van der Waals surface area contributed by atoms with Crippen LogP contribution in [-0.4, -0.2) is 18.6 Å². The maximum Gasteiger partial charge on any atom is 0.262 e. The standard InChI is InChI=1S/C17H24N2O2/c1-11(2)12-4-3-5-13(8-12)18-14-6-7-16-15(9-14)19-17(20)10-21-16/h6-7,9,11-13,18H,3-5,8,10H2,1-2H3,(H,19,20). The maximum absolute atomic E-state index is 11.4. The summed E-state index contributed by atoms with van der Waals surface area (Å²) in [5.41, 5.74) is 1.83. The molecule has 1 heterocycles. The van der Waals surface area contributed by atoms with Crippen molar-refractivity contribution in [2.24, 2.45) is 11.8 Å². The SMILES string of the molecule is CC(C)C1CCCC(Nc2ccc3c(c2)NC(=O)CO3)C1. The minimum absolute atomic E-state index is 0.0859. The number of amides is 1. The maximum atomic E-state index is 11.4. The molecule has 4 heteroatoms. The molecule has 1 aromatic carbocycles. The van der Waals surface area contributed by atoms with Crippen molar-refractivity contribution in [3.8, 4) is 5.75 Å². The largest absolute Gasteiger partial charge is 0.482 e. The molecule has 1 fully saturated rings. The van der Waals surface area contributed by atoms with Gasteiger partial charge in [0, 0.05) is 11.7 Å². The van der Waals surface area contributed by atoms with E-state index in [1.165, 1.54) is 25.7 Å². The Morgan fingerprint density at radius 3 is 3.00 bits per heavy atom. The van der Waals surface area contributed by atoms with Crippen molar-refractivity contribution in [3.63, 3.8) is 0 Å². The fourth-order valence-electron chi connectivity index (χ4n) is 3.37. The van der Waals surface area contributed by atoms with Crippen molar-refractivity contribution in [1.82, 2.24) is 0 Å². The van der Waals surface area contributed by atoms with Gasteiger partial charge in [-0.05, 0) is 42.9 Å². The molecule has 2 atom stereocenters. The van der Waals surface area contributed by atoms with Gasteiger partial charge in [0.1, 0.15) is 5.75 Å². The van der Waals surface area contributed by atoms with E-state index in [1.54, 1.807) is 0 Å². The quantitative estimate of drug-likeness (QED) is 0.892. The van der Waals surface area contributed by atoms with Gasteiger partial charge in [0.2, 0.25) is 0 Å². The number of anilines is 2. The molecule has 1 aliphatic heterocycles. The van der Waals surface area contributed by atoms with Crippen LogP contribution >= 0.6 is 0 Å². The molecular formula is C17H24N2O2. The highest BCUT2D eigenvalue weighted by molar-refractivity contribution is 5.96. The summed E-state index contributed by atoms with van der Waals surface area (Å²) in [7, 11) is 0. The first-order valence-corrected chi connectivity index (χ1v) is 7.95. The van der Waals surface area contributed by atoms with Gasteiger partial charge in [0.05, 0.1) is 5.69 Å². The number of rotatable bonds is 3. The van der Waals surface area contributed by atoms with E-state index in [-0.39, 0.29) is 12.5 Å². The van der Waals surface area contributed by atoms with Crippen LogP contribution in [0.15, 0.2) is 18.2 Å². The highest BCUT2D eigenvalue weighted by atomic mass is 16.5. The zero-order valence-corrected chi connectivity index (χ0v) is 12.8. The second-order valence-electron chi connectivity index (χ2n) is 6.56. The minimum Gasteiger partial charge on any atom is -0.482 e. The van der Waals surface area contributed by atoms with Gasteiger partial charge in [-0.15, -0.1) is 0 Å². The Hall–Kier alpha value is -1.71. The molecule has 2 aliphatic rings. The van der Waals surface area contributed by atoms with Crippen molar-refractivity contribution >= 4 is 17.3 Å². The first-order valence-electron chi connectivity index (χ1n) is 7.95. The van der Waals surface area contributed by atoms with Crippen molar-refractivity contribution in [1.29, 1.82) is 0 Å². The molecule has 1 amide bonds. The Labute approximate surface area is 126 Å². The normalized spacial score (nSPS) is 25.0. The van der Waals surface area contributed by atoms with Gasteiger partial charge >= 0.3 is 0 Å². The summed E-state index contributed by atoms with van der Waals surface area (Å²) in [6, 6.07) is 6.48. The molecule has 0 spiro atoms. The molecule has 2 unspecified atom stereocenters. The van der Waals surface area contributed by atoms with Crippen LogP contribution < -0.4 is 15.4 Å². The lowest BCUT2D eigenvalue weighted by molar-refractivity contribution is -0.118. The first-order chi connectivity index (χ1) is 10.1. The zero-order valence-electron chi connectivity index (χ0n) is 12.8. The number of fused-ring (bicyclic) bond motifs is 1. The van der Waals surface area contributed by atoms with Crippen LogP contribution in [0.2, 0.25) is 0 Å². The van der Waals surface area contributed by atoms with Crippen molar-refractivity contribution < 1.29 is 9.53 Å². The van der Waals surface area contributed by atoms with E-state index in [0.29, 0.717) is 6.04 Å². The number of carbonyl (C=O) groups is 1. The Morgan fingerprint density at radius 2 is 2.19 bits per heavy atom. The van der Waals surface area contributed by atoms with Crippen LogP contribution in [0.5, 0.6) is 5.75 Å². The molecule has 1 aromatic rings. The summed E-state index contributed by atoms with van der Waals surface area (Å²) in [6.45, 7) is 4.75. The molecule has 0 aromatic heterocycles. The van der Waals surface area contributed by atoms with Crippen LogP contribution in [0.25, 0.3) is 0 Å². The number of ether oxygens (including phenoxy) is 1. The number of hydrogen-bond acceptors (Lipinski definition) is 3. The Balaban J connectivity index is 1.67. The molecule has 0 saturated heterocycles. The molecule has 114 valence electrons. The second kappa shape index (κ2) is 5.96. The molecule has 0 radical (unpaired) electrons. The van der Waals surface area contributed by atoms with Gasteiger partial charge in [-0.3, -0.25) is 4.79 Å². The monoisotopic (exact) mass is 288 g/mol. The fraction of sp³-hybridized carbons (Fsp3) is 0.588. The lowest BCUT2D eigenvalue weighted by Gasteiger charge is -2.33. The van der Waals surface area contributed by atoms with Gasteiger partial charge in [-0.1, -0.05) is 26.7 Å². The molecule has 4 nitrogen and oxygen atoms in total. The highest BCUT2D eigenvalue weighted by Gasteiger charge is 2.24. The molecule has 1 saturated carbocycles. The van der Waals surface area contributed by atoms with Crippen molar-refractivity contribution in [3.05, 3.63) is 18.2 Å². The van der Waals surface area contributed by atoms with E-state index in [9.17, 15) is 4.79 Å². The molecular weight excluding hydrogens is 264 g/mol. The third-order valence-electron chi connectivity index (χ3n) is 4.64. The van der Waals surface area contributed by atoms with E-state index in [2.05, 4.69) is 24.5 Å². The highest BCUT2D eigenvalue weighted by Crippen LogP contribution is 2.34. The molecule has 0 bridgehead atoms. The van der Waals surface area contributed by atoms with Crippen LogP contribution in [-0.2, 0) is 4.79 Å². The van der Waals surface area contributed by atoms with Crippen LogP contribution in [0, 0.1) is 11.8 Å². The number of nitrogens with one attached hydrogen (secondary N) is 2. The van der Waals surface area contributed by atoms with E-state index in [4.69, 9.17) is 4.74 Å². The Morgan fingerprint density at radius 1 is 1.33 bits per heavy atom. The molecule has 1 aliphatic carbocycles. The van der Waals surface area contributed by atoms with Gasteiger partial charge in [-0.25, -0.2) is 0 Å². The number of benzene rings is 1. The summed E-state index contributed by atoms with van der Waals surface area (Å²) >= 11 is 0. The van der Waals surface area contributed by atoms with Crippen LogP contribution in [0.4, 0.5) is 11.4 Å². The van der Waals surface area contributed by atoms with E-state index >= 15 is 0 Å². The first kappa shape index (κ1) is 14.2. The van der Waals surface area contributed by atoms with Crippen molar-refractivity contribution in [2.75, 3.05) is 17.2 Å². The van der Waals surface area contributed by atoms with Crippen LogP contribution in [0.1, 0.15) is 39.5 Å². The third-order valence-corrected chi connectivity index (χ3v) is 4.64. The van der Waals surface area contributed by atoms with E-state index in [0.717, 1.165) is 29.0 Å². The predicted octanol–water partition coefficient (Wildman–Crippen LogP) is 3.64. The summed E-state index contributed by atoms with van der Waals surface area (Å²) in [4.78, 5) is 11.4. The molecule has 3 rings (SSSR count). The van der Waals surface area contributed by atoms with Gasteiger partial charge in [-0.2, -0.15) is 0 Å². The van der Waals surface area contributed by atoms with E-state index < -0.39 is 0 Å². The lowest BCUT2D eigenvalue weighted by atomic mass is 9.79. The zero-order chi connectivity index (χ0) is 14.8. The van der Waals surface area contributed by atoms with Crippen LogP contribution in [0.3, 0.4) is 0 Å². The minimum atomic E-state index is -0.0859. The summed E-state index contributed by atoms with van der Waals surface area (Å²) in [6.07, 6.45) is 5.11. The summed E-state index contributed by atoms with van der Waals surface area (Å²) in [5.74, 6) is 2.24. The Bertz CT molecular complexity index is 528. The van der Waals surface area contributed by atoms with Gasteiger partial charge in [0.15, 0.2) is 6.61 Å². The van der Waals surface area contributed by atoms with Crippen molar-refractivity contribution in [2.45, 2.75) is 45.6 Å². The third kappa shape index (κ3) is 3.31. The lowest BCUT2D eigenvalue weighted by Crippen LogP contribution is -2.29. The predicted molar refractivity (Wildman–Crippen MR) is 84.8 cm³/mol. The fourth-order valence-corrected chi connectivity index (χ4v) is 3.37. The van der Waals surface area contributed by atoms with Gasteiger partial charge in [0.25, 0.3) is 5.91 Å². The topological polar surface area (TPSA) is 50.4 Å². The average molecular weight is 288 g/mol. The molecule has 21 heavy (non-hydrogen) atoms. The number of hydrogen-bond donors (Lipinski definition) is 2. The summed E-state index contributed by atoms with van der Waals surface area (Å²) in [5, 5.41) is 6.48. The average Bonchev–Trinajstić information content (AvgIpc) is 2.47. The van der Waals surface area contributed by atoms with E-state index in [1.807, 2.05) is 18.2 Å². The smallest absolute Gasteiger partial charge is 0.262 e. The Kier molecular flexibility index (Phi) is 4.04. The summed E-state index contributed by atoms with van der Waals surface area (Å²) < 4.78 is 5.39. The molecule has 2 N–H and O–H groups in total. The number of carbonyl (C=O) groups excluding carboxylic acids is 1. The van der Waals surface area contributed by atoms with Gasteiger partial charge < -0.3 is 15.4 Å². The second-order valence-corrected chi connectivity index (χ2v) is 6.56.